The van der Waals surface area contributed by atoms with Crippen molar-refractivity contribution in [1.82, 2.24) is 5.32 Å². The van der Waals surface area contributed by atoms with Crippen LogP contribution in [-0.2, 0) is 6.42 Å². The average Bonchev–Trinajstić information content (AvgIpc) is 2.28. The van der Waals surface area contributed by atoms with E-state index in [1.165, 1.54) is 0 Å². The highest BCUT2D eigenvalue weighted by Gasteiger charge is 2.08. The second kappa shape index (κ2) is 6.23. The first-order valence-electron chi connectivity index (χ1n) is 5.32. The predicted octanol–water partition coefficient (Wildman–Crippen LogP) is 1.28. The van der Waals surface area contributed by atoms with Gasteiger partial charge >= 0.3 is 0 Å². The van der Waals surface area contributed by atoms with Gasteiger partial charge in [0.05, 0.1) is 0 Å². The molecule has 0 heterocycles. The van der Waals surface area contributed by atoms with Gasteiger partial charge in [0.15, 0.2) is 0 Å². The summed E-state index contributed by atoms with van der Waals surface area (Å²) in [6, 6.07) is 6.99. The SMILES string of the molecule is CNC(=O)c1cccc(CC(F)CCN)c1. The largest absolute Gasteiger partial charge is 0.355 e. The molecule has 0 saturated carbocycles. The number of hydrogen-bond acceptors (Lipinski definition) is 2. The summed E-state index contributed by atoms with van der Waals surface area (Å²) in [5.74, 6) is -0.156. The fraction of sp³-hybridized carbons (Fsp3) is 0.417. The zero-order valence-electron chi connectivity index (χ0n) is 9.37. The van der Waals surface area contributed by atoms with Crippen molar-refractivity contribution in [2.24, 2.45) is 5.73 Å². The normalized spacial score (nSPS) is 12.2. The van der Waals surface area contributed by atoms with Gasteiger partial charge in [-0.25, -0.2) is 4.39 Å². The Hall–Kier alpha value is -1.42. The number of nitrogens with one attached hydrogen (secondary N) is 1. The maximum Gasteiger partial charge on any atom is 0.251 e. The number of carbonyl (C=O) groups is 1. The minimum atomic E-state index is -0.940. The van der Waals surface area contributed by atoms with Crippen LogP contribution in [0.2, 0.25) is 0 Å². The molecule has 3 N–H and O–H groups in total. The number of nitrogens with two attached hydrogens (primary N) is 1. The summed E-state index contributed by atoms with van der Waals surface area (Å²) in [5, 5.41) is 2.53. The highest BCUT2D eigenvalue weighted by Crippen LogP contribution is 2.11. The average molecular weight is 224 g/mol. The summed E-state index contributed by atoms with van der Waals surface area (Å²) in [6.45, 7) is 0.344. The second-order valence-electron chi connectivity index (χ2n) is 3.66. The number of alkyl halides is 1. The van der Waals surface area contributed by atoms with Gasteiger partial charge in [-0.05, 0) is 30.7 Å². The first-order chi connectivity index (χ1) is 7.67. The van der Waals surface area contributed by atoms with Crippen molar-refractivity contribution in [3.63, 3.8) is 0 Å². The predicted molar refractivity (Wildman–Crippen MR) is 62.1 cm³/mol. The summed E-state index contributed by atoms with van der Waals surface area (Å²) in [6.07, 6.45) is -0.281. The van der Waals surface area contributed by atoms with E-state index in [2.05, 4.69) is 5.32 Å². The van der Waals surface area contributed by atoms with Crippen LogP contribution in [0.15, 0.2) is 24.3 Å². The van der Waals surface area contributed by atoms with Crippen LogP contribution in [0.1, 0.15) is 22.3 Å². The number of amides is 1. The summed E-state index contributed by atoms with van der Waals surface area (Å²) in [4.78, 5) is 11.4. The molecule has 0 aliphatic rings. The van der Waals surface area contributed by atoms with E-state index in [0.717, 1.165) is 5.56 Å². The fourth-order valence-electron chi connectivity index (χ4n) is 1.52. The van der Waals surface area contributed by atoms with Gasteiger partial charge < -0.3 is 11.1 Å². The van der Waals surface area contributed by atoms with Gasteiger partial charge in [0.1, 0.15) is 6.17 Å². The van der Waals surface area contributed by atoms with Crippen molar-refractivity contribution in [3.8, 4) is 0 Å². The Balaban J connectivity index is 2.70. The summed E-state index contributed by atoms with van der Waals surface area (Å²) in [5.41, 5.74) is 6.66. The molecule has 0 radical (unpaired) electrons. The number of hydrogen-bond donors (Lipinski definition) is 2. The van der Waals surface area contributed by atoms with Crippen molar-refractivity contribution in [2.45, 2.75) is 19.0 Å². The van der Waals surface area contributed by atoms with Crippen LogP contribution >= 0.6 is 0 Å². The topological polar surface area (TPSA) is 55.1 Å². The van der Waals surface area contributed by atoms with E-state index in [9.17, 15) is 9.18 Å². The molecule has 0 saturated heterocycles. The molecule has 0 fully saturated rings. The number of carbonyl (C=O) groups excluding carboxylic acids is 1. The van der Waals surface area contributed by atoms with E-state index in [4.69, 9.17) is 5.73 Å². The first kappa shape index (κ1) is 12.6. The molecular formula is C12H17FN2O. The van der Waals surface area contributed by atoms with Gasteiger partial charge in [-0.1, -0.05) is 12.1 Å². The Labute approximate surface area is 94.8 Å². The standard InChI is InChI=1S/C12H17FN2O/c1-15-12(16)10-4-2-3-9(7-10)8-11(13)5-6-14/h2-4,7,11H,5-6,8,14H2,1H3,(H,15,16). The smallest absolute Gasteiger partial charge is 0.251 e. The molecule has 0 aromatic heterocycles. The fourth-order valence-corrected chi connectivity index (χ4v) is 1.52. The molecule has 0 aliphatic carbocycles. The molecule has 1 aromatic rings. The lowest BCUT2D eigenvalue weighted by molar-refractivity contribution is 0.0963. The highest BCUT2D eigenvalue weighted by atomic mass is 19.1. The Morgan fingerprint density at radius 1 is 1.56 bits per heavy atom. The van der Waals surface area contributed by atoms with Crippen LogP contribution in [0.5, 0.6) is 0 Å². The van der Waals surface area contributed by atoms with Gasteiger partial charge in [-0.15, -0.1) is 0 Å². The lowest BCUT2D eigenvalue weighted by atomic mass is 10.0. The number of benzene rings is 1. The molecule has 3 nitrogen and oxygen atoms in total. The van der Waals surface area contributed by atoms with Crippen molar-refractivity contribution < 1.29 is 9.18 Å². The lowest BCUT2D eigenvalue weighted by Gasteiger charge is -2.08. The molecule has 0 spiro atoms. The van der Waals surface area contributed by atoms with Gasteiger partial charge in [-0.3, -0.25) is 4.79 Å². The maximum atomic E-state index is 13.3. The van der Waals surface area contributed by atoms with Crippen molar-refractivity contribution in [3.05, 3.63) is 35.4 Å². The van der Waals surface area contributed by atoms with Gasteiger partial charge in [0.25, 0.3) is 5.91 Å². The van der Waals surface area contributed by atoms with E-state index in [0.29, 0.717) is 24.9 Å². The Bertz CT molecular complexity index is 355. The van der Waals surface area contributed by atoms with Crippen LogP contribution in [0.25, 0.3) is 0 Å². The van der Waals surface area contributed by atoms with Crippen molar-refractivity contribution >= 4 is 5.91 Å². The van der Waals surface area contributed by atoms with Crippen LogP contribution < -0.4 is 11.1 Å². The Morgan fingerprint density at radius 3 is 2.94 bits per heavy atom. The molecule has 1 amide bonds. The van der Waals surface area contributed by atoms with E-state index >= 15 is 0 Å². The van der Waals surface area contributed by atoms with Gasteiger partial charge in [-0.2, -0.15) is 0 Å². The molecule has 16 heavy (non-hydrogen) atoms. The summed E-state index contributed by atoms with van der Waals surface area (Å²) < 4.78 is 13.3. The molecule has 1 aromatic carbocycles. The van der Waals surface area contributed by atoms with Crippen LogP contribution in [-0.4, -0.2) is 25.7 Å². The number of halogens is 1. The minimum absolute atomic E-state index is 0.156. The van der Waals surface area contributed by atoms with E-state index in [-0.39, 0.29) is 5.91 Å². The van der Waals surface area contributed by atoms with Crippen LogP contribution in [0.3, 0.4) is 0 Å². The van der Waals surface area contributed by atoms with Crippen LogP contribution in [0.4, 0.5) is 4.39 Å². The summed E-state index contributed by atoms with van der Waals surface area (Å²) in [7, 11) is 1.57. The molecule has 1 rings (SSSR count). The van der Waals surface area contributed by atoms with Crippen molar-refractivity contribution in [1.29, 1.82) is 0 Å². The molecule has 0 bridgehead atoms. The third-order valence-corrected chi connectivity index (χ3v) is 2.35. The van der Waals surface area contributed by atoms with Gasteiger partial charge in [0, 0.05) is 19.0 Å². The maximum absolute atomic E-state index is 13.3. The zero-order valence-corrected chi connectivity index (χ0v) is 9.37. The molecule has 88 valence electrons. The molecule has 0 aliphatic heterocycles. The first-order valence-corrected chi connectivity index (χ1v) is 5.32. The monoisotopic (exact) mass is 224 g/mol. The third kappa shape index (κ3) is 3.62. The molecule has 4 heteroatoms. The minimum Gasteiger partial charge on any atom is -0.355 e. The van der Waals surface area contributed by atoms with E-state index < -0.39 is 6.17 Å². The molecule has 1 atom stereocenters. The zero-order chi connectivity index (χ0) is 12.0. The van der Waals surface area contributed by atoms with Crippen molar-refractivity contribution in [2.75, 3.05) is 13.6 Å². The Morgan fingerprint density at radius 2 is 2.31 bits per heavy atom. The third-order valence-electron chi connectivity index (χ3n) is 2.35. The van der Waals surface area contributed by atoms with Crippen LogP contribution in [0, 0.1) is 0 Å². The highest BCUT2D eigenvalue weighted by molar-refractivity contribution is 5.94. The molecular weight excluding hydrogens is 207 g/mol. The number of rotatable bonds is 5. The molecule has 1 unspecified atom stereocenters. The Kier molecular flexibility index (Phi) is 4.92. The van der Waals surface area contributed by atoms with Gasteiger partial charge in [0.2, 0.25) is 0 Å². The lowest BCUT2D eigenvalue weighted by Crippen LogP contribution is -2.18. The van der Waals surface area contributed by atoms with E-state index in [1.54, 1.807) is 25.2 Å². The second-order valence-corrected chi connectivity index (χ2v) is 3.66. The summed E-state index contributed by atoms with van der Waals surface area (Å²) >= 11 is 0. The van der Waals surface area contributed by atoms with E-state index in [1.807, 2.05) is 6.07 Å². The quantitative estimate of drug-likeness (QED) is 0.791.